The summed E-state index contributed by atoms with van der Waals surface area (Å²) in [5.41, 5.74) is 0.805. The lowest BCUT2D eigenvalue weighted by atomic mass is 10.3. The van der Waals surface area contributed by atoms with Crippen LogP contribution in [-0.4, -0.2) is 12.5 Å². The first kappa shape index (κ1) is 11.6. The van der Waals surface area contributed by atoms with Gasteiger partial charge < -0.3 is 10.1 Å². The van der Waals surface area contributed by atoms with E-state index in [1.54, 1.807) is 12.3 Å². The van der Waals surface area contributed by atoms with Crippen LogP contribution in [0.5, 0.6) is 0 Å². The molecule has 15 heavy (non-hydrogen) atoms. The smallest absolute Gasteiger partial charge is 0.207 e. The molecule has 0 aliphatic rings. The van der Waals surface area contributed by atoms with Crippen LogP contribution in [0, 0.1) is 5.41 Å². The highest BCUT2D eigenvalue weighted by atomic mass is 35.5. The zero-order valence-corrected chi connectivity index (χ0v) is 9.21. The molecule has 0 radical (unpaired) electrons. The molecule has 0 aliphatic carbocycles. The molecular weight excluding hydrogens is 212 g/mol. The molecule has 80 valence electrons. The van der Waals surface area contributed by atoms with Crippen molar-refractivity contribution >= 4 is 23.2 Å². The number of rotatable bonds is 4. The van der Waals surface area contributed by atoms with Gasteiger partial charge >= 0.3 is 0 Å². The van der Waals surface area contributed by atoms with Crippen molar-refractivity contribution in [3.05, 3.63) is 41.6 Å². The summed E-state index contributed by atoms with van der Waals surface area (Å²) in [6, 6.07) is 7.40. The van der Waals surface area contributed by atoms with Gasteiger partial charge in [-0.05, 0) is 19.1 Å². The Labute approximate surface area is 94.2 Å². The van der Waals surface area contributed by atoms with Crippen LogP contribution >= 0.6 is 11.6 Å². The fourth-order valence-electron chi connectivity index (χ4n) is 0.989. The maximum Gasteiger partial charge on any atom is 0.207 e. The molecule has 0 saturated carbocycles. The molecule has 0 spiro atoms. The first-order chi connectivity index (χ1) is 7.24. The number of hydrogen-bond donors (Lipinski definition) is 2. The number of halogens is 1. The third-order valence-corrected chi connectivity index (χ3v) is 1.98. The van der Waals surface area contributed by atoms with Crippen LogP contribution in [0.25, 0.3) is 0 Å². The first-order valence-electron chi connectivity index (χ1n) is 4.63. The van der Waals surface area contributed by atoms with Crippen LogP contribution in [0.2, 0.25) is 5.02 Å². The second-order valence-corrected chi connectivity index (χ2v) is 3.16. The fraction of sp³-hybridized carbons (Fsp3) is 0.182. The number of hydrogen-bond acceptors (Lipinski definition) is 3. The van der Waals surface area contributed by atoms with Gasteiger partial charge in [-0.25, -0.2) is 0 Å². The summed E-state index contributed by atoms with van der Waals surface area (Å²) < 4.78 is 4.93. The van der Waals surface area contributed by atoms with Gasteiger partial charge in [0, 0.05) is 12.3 Å². The maximum absolute atomic E-state index is 7.33. The minimum absolute atomic E-state index is 0.122. The van der Waals surface area contributed by atoms with Crippen LogP contribution in [0.3, 0.4) is 0 Å². The molecule has 0 amide bonds. The van der Waals surface area contributed by atoms with Gasteiger partial charge in [-0.1, -0.05) is 23.7 Å². The second kappa shape index (κ2) is 6.09. The van der Waals surface area contributed by atoms with Crippen LogP contribution in [-0.2, 0) is 4.74 Å². The molecule has 0 fully saturated rings. The molecule has 0 atom stereocenters. The third-order valence-electron chi connectivity index (χ3n) is 1.65. The lowest BCUT2D eigenvalue weighted by Crippen LogP contribution is -1.99. The number of ether oxygens (including phenoxy) is 1. The van der Waals surface area contributed by atoms with E-state index in [4.69, 9.17) is 21.7 Å². The van der Waals surface area contributed by atoms with Crippen molar-refractivity contribution in [1.82, 2.24) is 0 Å². The summed E-state index contributed by atoms with van der Waals surface area (Å²) in [7, 11) is 0. The van der Waals surface area contributed by atoms with E-state index in [9.17, 15) is 0 Å². The van der Waals surface area contributed by atoms with Gasteiger partial charge in [0.15, 0.2) is 0 Å². The molecule has 0 bridgehead atoms. The summed E-state index contributed by atoms with van der Waals surface area (Å²) in [4.78, 5) is 0. The predicted molar refractivity (Wildman–Crippen MR) is 63.6 cm³/mol. The largest absolute Gasteiger partial charge is 0.478 e. The lowest BCUT2D eigenvalue weighted by Gasteiger charge is -2.03. The van der Waals surface area contributed by atoms with E-state index in [1.807, 2.05) is 25.1 Å². The molecule has 0 aliphatic heterocycles. The van der Waals surface area contributed by atoms with E-state index in [0.29, 0.717) is 11.6 Å². The Kier molecular flexibility index (Phi) is 4.71. The first-order valence-corrected chi connectivity index (χ1v) is 5.00. The Morgan fingerprint density at radius 1 is 1.53 bits per heavy atom. The van der Waals surface area contributed by atoms with Gasteiger partial charge in [0.05, 0.1) is 17.3 Å². The molecule has 0 aromatic heterocycles. The predicted octanol–water partition coefficient (Wildman–Crippen LogP) is 3.28. The van der Waals surface area contributed by atoms with E-state index in [1.165, 1.54) is 6.08 Å². The fourth-order valence-corrected chi connectivity index (χ4v) is 1.18. The topological polar surface area (TPSA) is 45.1 Å². The van der Waals surface area contributed by atoms with Crippen LogP contribution < -0.4 is 5.32 Å². The standard InChI is InChI=1S/C11H13ClN2O/c1-2-15-11(13)7-8-14-10-6-4-3-5-9(10)12/h3-8,13-14H,2H2,1H3/b8-7-,13-11?. The monoisotopic (exact) mass is 224 g/mol. The number of benzene rings is 1. The molecule has 0 heterocycles. The van der Waals surface area contributed by atoms with Crippen molar-refractivity contribution < 1.29 is 4.74 Å². The van der Waals surface area contributed by atoms with Crippen LogP contribution in [0.15, 0.2) is 36.5 Å². The normalized spacial score (nSPS) is 10.3. The zero-order chi connectivity index (χ0) is 11.1. The number of anilines is 1. The number of para-hydroxylation sites is 1. The SMILES string of the molecule is CCOC(=N)/C=C\Nc1ccccc1Cl. The van der Waals surface area contributed by atoms with Gasteiger partial charge in [-0.2, -0.15) is 0 Å². The van der Waals surface area contributed by atoms with Gasteiger partial charge in [0.25, 0.3) is 0 Å². The second-order valence-electron chi connectivity index (χ2n) is 2.75. The van der Waals surface area contributed by atoms with Gasteiger partial charge in [-0.3, -0.25) is 5.41 Å². The highest BCUT2D eigenvalue weighted by Crippen LogP contribution is 2.19. The quantitative estimate of drug-likeness (QED) is 0.609. The molecule has 2 N–H and O–H groups in total. The summed E-state index contributed by atoms with van der Waals surface area (Å²) in [5, 5.41) is 10.9. The molecular formula is C11H13ClN2O. The van der Waals surface area contributed by atoms with E-state index in [2.05, 4.69) is 5.32 Å². The number of nitrogens with one attached hydrogen (secondary N) is 2. The highest BCUT2D eigenvalue weighted by molar-refractivity contribution is 6.33. The van der Waals surface area contributed by atoms with Crippen molar-refractivity contribution in [3.63, 3.8) is 0 Å². The lowest BCUT2D eigenvalue weighted by molar-refractivity contribution is 0.327. The Morgan fingerprint density at radius 3 is 2.93 bits per heavy atom. The average Bonchev–Trinajstić information content (AvgIpc) is 2.21. The summed E-state index contributed by atoms with van der Waals surface area (Å²) in [6.07, 6.45) is 3.16. The van der Waals surface area contributed by atoms with Crippen molar-refractivity contribution in [2.75, 3.05) is 11.9 Å². The third kappa shape index (κ3) is 4.04. The summed E-state index contributed by atoms with van der Waals surface area (Å²) >= 11 is 5.92. The average molecular weight is 225 g/mol. The Hall–Kier alpha value is -1.48. The molecule has 0 saturated heterocycles. The molecule has 3 nitrogen and oxygen atoms in total. The Morgan fingerprint density at radius 2 is 2.27 bits per heavy atom. The highest BCUT2D eigenvalue weighted by Gasteiger charge is 1.94. The van der Waals surface area contributed by atoms with Gasteiger partial charge in [-0.15, -0.1) is 0 Å². The summed E-state index contributed by atoms with van der Waals surface area (Å²) in [5.74, 6) is 0.122. The van der Waals surface area contributed by atoms with E-state index in [0.717, 1.165) is 5.69 Å². The van der Waals surface area contributed by atoms with E-state index < -0.39 is 0 Å². The molecule has 1 rings (SSSR count). The Bertz CT molecular complexity index is 363. The van der Waals surface area contributed by atoms with Crippen molar-refractivity contribution in [3.8, 4) is 0 Å². The molecule has 4 heteroatoms. The summed E-state index contributed by atoms with van der Waals surface area (Å²) in [6.45, 7) is 2.33. The molecule has 0 unspecified atom stereocenters. The maximum atomic E-state index is 7.33. The van der Waals surface area contributed by atoms with Crippen molar-refractivity contribution in [1.29, 1.82) is 5.41 Å². The minimum Gasteiger partial charge on any atom is -0.478 e. The van der Waals surface area contributed by atoms with Gasteiger partial charge in [0.2, 0.25) is 5.90 Å². The van der Waals surface area contributed by atoms with E-state index >= 15 is 0 Å². The Balaban J connectivity index is 2.50. The van der Waals surface area contributed by atoms with Crippen LogP contribution in [0.1, 0.15) is 6.92 Å². The van der Waals surface area contributed by atoms with Crippen molar-refractivity contribution in [2.24, 2.45) is 0 Å². The van der Waals surface area contributed by atoms with Crippen molar-refractivity contribution in [2.45, 2.75) is 6.92 Å². The minimum atomic E-state index is 0.122. The molecule has 1 aromatic carbocycles. The van der Waals surface area contributed by atoms with Gasteiger partial charge in [0.1, 0.15) is 0 Å². The van der Waals surface area contributed by atoms with Crippen LogP contribution in [0.4, 0.5) is 5.69 Å². The van der Waals surface area contributed by atoms with E-state index in [-0.39, 0.29) is 5.90 Å². The zero-order valence-electron chi connectivity index (χ0n) is 8.46. The molecule has 1 aromatic rings.